The van der Waals surface area contributed by atoms with E-state index in [2.05, 4.69) is 11.1 Å². The minimum Gasteiger partial charge on any atom is -0.379 e. The second kappa shape index (κ2) is 8.69. The number of nitrogens with one attached hydrogen (secondary N) is 1. The zero-order chi connectivity index (χ0) is 23.1. The third kappa shape index (κ3) is 4.13. The molecular weight excluding hydrogens is 462 g/mol. The number of hydrogen-bond donors (Lipinski definition) is 1. The summed E-state index contributed by atoms with van der Waals surface area (Å²) in [4.78, 5) is 3.44. The lowest BCUT2D eigenvalue weighted by molar-refractivity contribution is 0.0730. The average molecular weight is 488 g/mol. The van der Waals surface area contributed by atoms with Crippen molar-refractivity contribution in [2.45, 2.75) is 16.2 Å². The van der Waals surface area contributed by atoms with E-state index in [9.17, 15) is 16.8 Å². The van der Waals surface area contributed by atoms with Crippen LogP contribution < -0.4 is 0 Å². The van der Waals surface area contributed by atoms with Crippen LogP contribution in [-0.2, 0) is 24.8 Å². The largest absolute Gasteiger partial charge is 0.379 e. The van der Waals surface area contributed by atoms with Gasteiger partial charge in [-0.2, -0.15) is 8.61 Å². The number of para-hydroxylation sites is 1. The lowest BCUT2D eigenvalue weighted by Crippen LogP contribution is -2.40. The molecule has 174 valence electrons. The second-order valence-electron chi connectivity index (χ2n) is 8.08. The van der Waals surface area contributed by atoms with Crippen molar-refractivity contribution >= 4 is 36.5 Å². The van der Waals surface area contributed by atoms with Crippen molar-refractivity contribution in [3.63, 3.8) is 0 Å². The standard InChI is InChI=1S/C23H25N3O5S2/c27-32(28,19-5-7-20(8-6-19)33(29,30)26-13-15-31-16-14-26)25-11-9-18(10-12-25)22-17-24-23-4-2-1-3-21(22)23/h1-9,17,24H,10-16H2. The van der Waals surface area contributed by atoms with E-state index >= 15 is 0 Å². The Morgan fingerprint density at radius 3 is 2.06 bits per heavy atom. The fourth-order valence-corrected chi connectivity index (χ4v) is 7.11. The Morgan fingerprint density at radius 2 is 1.42 bits per heavy atom. The number of nitrogens with zero attached hydrogens (tertiary/aromatic N) is 2. The molecule has 33 heavy (non-hydrogen) atoms. The van der Waals surface area contributed by atoms with Gasteiger partial charge in [0, 0.05) is 48.8 Å². The van der Waals surface area contributed by atoms with Gasteiger partial charge in [-0.25, -0.2) is 16.8 Å². The maximum Gasteiger partial charge on any atom is 0.243 e. The molecule has 2 aliphatic rings. The number of fused-ring (bicyclic) bond motifs is 1. The first-order valence-corrected chi connectivity index (χ1v) is 13.7. The number of sulfonamides is 2. The molecule has 0 spiro atoms. The zero-order valence-electron chi connectivity index (χ0n) is 18.0. The van der Waals surface area contributed by atoms with Crippen LogP contribution >= 0.6 is 0 Å². The molecule has 3 aromatic rings. The summed E-state index contributed by atoms with van der Waals surface area (Å²) in [6, 6.07) is 13.5. The molecule has 1 aromatic heterocycles. The Morgan fingerprint density at radius 1 is 0.788 bits per heavy atom. The molecule has 8 nitrogen and oxygen atoms in total. The highest BCUT2D eigenvalue weighted by molar-refractivity contribution is 7.89. The Balaban J connectivity index is 1.34. The molecule has 0 radical (unpaired) electrons. The maximum atomic E-state index is 13.2. The number of morpholine rings is 1. The highest BCUT2D eigenvalue weighted by atomic mass is 32.2. The Bertz CT molecular complexity index is 1400. The van der Waals surface area contributed by atoms with Crippen LogP contribution in [0.25, 0.3) is 16.5 Å². The second-order valence-corrected chi connectivity index (χ2v) is 12.0. The quantitative estimate of drug-likeness (QED) is 0.597. The van der Waals surface area contributed by atoms with Crippen molar-refractivity contribution in [1.29, 1.82) is 0 Å². The summed E-state index contributed by atoms with van der Waals surface area (Å²) in [6.07, 6.45) is 4.52. The predicted molar refractivity (Wildman–Crippen MR) is 126 cm³/mol. The van der Waals surface area contributed by atoms with Gasteiger partial charge in [0.25, 0.3) is 0 Å². The Kier molecular flexibility index (Phi) is 5.87. The first kappa shape index (κ1) is 22.3. The van der Waals surface area contributed by atoms with Gasteiger partial charge < -0.3 is 9.72 Å². The number of H-pyrrole nitrogens is 1. The molecule has 0 amide bonds. The van der Waals surface area contributed by atoms with Crippen LogP contribution in [0, 0.1) is 0 Å². The summed E-state index contributed by atoms with van der Waals surface area (Å²) in [5.41, 5.74) is 3.27. The number of aromatic amines is 1. The fourth-order valence-electron chi connectivity index (χ4n) is 4.32. The molecule has 0 aliphatic carbocycles. The Labute approximate surface area is 193 Å². The third-order valence-electron chi connectivity index (χ3n) is 6.18. The van der Waals surface area contributed by atoms with Gasteiger partial charge in [-0.05, 0) is 42.3 Å². The molecular formula is C23H25N3O5S2. The molecule has 5 rings (SSSR count). The van der Waals surface area contributed by atoms with E-state index in [1.165, 1.54) is 32.9 Å². The molecule has 1 fully saturated rings. The SMILES string of the molecule is O=S(=O)(c1ccc(S(=O)(=O)N2CCOCC2)cc1)N1CC=C(c2c[nH]c3ccccc23)CC1. The van der Waals surface area contributed by atoms with Crippen LogP contribution in [0.2, 0.25) is 0 Å². The van der Waals surface area contributed by atoms with Crippen molar-refractivity contribution in [3.05, 3.63) is 66.4 Å². The van der Waals surface area contributed by atoms with Gasteiger partial charge in [0.2, 0.25) is 20.0 Å². The molecule has 1 N–H and O–H groups in total. The average Bonchev–Trinajstić information content (AvgIpc) is 3.29. The van der Waals surface area contributed by atoms with Gasteiger partial charge in [0.15, 0.2) is 0 Å². The topological polar surface area (TPSA) is 99.8 Å². The van der Waals surface area contributed by atoms with Crippen LogP contribution in [0.4, 0.5) is 0 Å². The van der Waals surface area contributed by atoms with E-state index < -0.39 is 20.0 Å². The van der Waals surface area contributed by atoms with Gasteiger partial charge in [0.1, 0.15) is 0 Å². The van der Waals surface area contributed by atoms with Crippen LogP contribution in [0.1, 0.15) is 12.0 Å². The summed E-state index contributed by atoms with van der Waals surface area (Å²) in [5, 5.41) is 1.12. The van der Waals surface area contributed by atoms with Gasteiger partial charge >= 0.3 is 0 Å². The zero-order valence-corrected chi connectivity index (χ0v) is 19.6. The fraction of sp³-hybridized carbons (Fsp3) is 0.304. The highest BCUT2D eigenvalue weighted by Gasteiger charge is 2.29. The van der Waals surface area contributed by atoms with Crippen LogP contribution in [0.3, 0.4) is 0 Å². The minimum absolute atomic E-state index is 0.0866. The number of ether oxygens (including phenoxy) is 1. The highest BCUT2D eigenvalue weighted by Crippen LogP contribution is 2.31. The van der Waals surface area contributed by atoms with E-state index in [4.69, 9.17) is 4.74 Å². The number of aromatic nitrogens is 1. The van der Waals surface area contributed by atoms with Gasteiger partial charge in [-0.1, -0.05) is 24.3 Å². The van der Waals surface area contributed by atoms with Crippen molar-refractivity contribution in [2.75, 3.05) is 39.4 Å². The lowest BCUT2D eigenvalue weighted by atomic mass is 10.00. The monoisotopic (exact) mass is 487 g/mol. The molecule has 2 aliphatic heterocycles. The molecule has 0 unspecified atom stereocenters. The smallest absolute Gasteiger partial charge is 0.243 e. The summed E-state index contributed by atoms with van der Waals surface area (Å²) < 4.78 is 59.9. The van der Waals surface area contributed by atoms with Crippen molar-refractivity contribution in [2.24, 2.45) is 0 Å². The van der Waals surface area contributed by atoms with Gasteiger partial charge in [-0.3, -0.25) is 0 Å². The Hall–Kier alpha value is -2.50. The predicted octanol–water partition coefficient (Wildman–Crippen LogP) is 2.67. The van der Waals surface area contributed by atoms with E-state index in [1.807, 2.05) is 30.5 Å². The summed E-state index contributed by atoms with van der Waals surface area (Å²) in [7, 11) is -7.40. The van der Waals surface area contributed by atoms with Gasteiger partial charge in [0.05, 0.1) is 23.0 Å². The lowest BCUT2D eigenvalue weighted by Gasteiger charge is -2.27. The first-order valence-electron chi connectivity index (χ1n) is 10.8. The molecule has 0 saturated carbocycles. The number of hydrogen-bond acceptors (Lipinski definition) is 5. The van der Waals surface area contributed by atoms with E-state index in [1.54, 1.807) is 0 Å². The molecule has 0 bridgehead atoms. The van der Waals surface area contributed by atoms with Crippen molar-refractivity contribution in [3.8, 4) is 0 Å². The maximum absolute atomic E-state index is 13.2. The molecule has 0 atom stereocenters. The normalized spacial score (nSPS) is 19.0. The van der Waals surface area contributed by atoms with E-state index in [0.29, 0.717) is 39.3 Å². The molecule has 2 aromatic carbocycles. The van der Waals surface area contributed by atoms with Crippen LogP contribution in [0.5, 0.6) is 0 Å². The molecule has 1 saturated heterocycles. The first-order chi connectivity index (χ1) is 15.9. The van der Waals surface area contributed by atoms with Gasteiger partial charge in [-0.15, -0.1) is 0 Å². The molecule has 3 heterocycles. The van der Waals surface area contributed by atoms with E-state index in [-0.39, 0.29) is 16.3 Å². The summed E-state index contributed by atoms with van der Waals surface area (Å²) in [5.74, 6) is 0. The van der Waals surface area contributed by atoms with E-state index in [0.717, 1.165) is 22.0 Å². The summed E-state index contributed by atoms with van der Waals surface area (Å²) >= 11 is 0. The van der Waals surface area contributed by atoms with Crippen LogP contribution in [0.15, 0.2) is 70.6 Å². The number of benzene rings is 2. The third-order valence-corrected chi connectivity index (χ3v) is 9.97. The van der Waals surface area contributed by atoms with Crippen LogP contribution in [-0.4, -0.2) is 69.8 Å². The minimum atomic E-state index is -3.73. The summed E-state index contributed by atoms with van der Waals surface area (Å²) in [6.45, 7) is 1.93. The van der Waals surface area contributed by atoms with Crippen molar-refractivity contribution < 1.29 is 21.6 Å². The molecule has 10 heteroatoms. The number of rotatable bonds is 5. The van der Waals surface area contributed by atoms with Crippen molar-refractivity contribution in [1.82, 2.24) is 13.6 Å².